The molecule has 2 bridgehead atoms. The standard InChI is InChI=1S/C20H25FN4O/c1-2-18-22-17(23-26-18)12-25-11-16(13-3-5-15(21)6-4-13)20-19(25)14-7-9-24(20)10-8-14/h3-6,14,16,19-20H,2,7-12H2,1H3/t16-,19-,20-/m1/s1. The van der Waals surface area contributed by atoms with Crippen LogP contribution in [-0.2, 0) is 13.0 Å². The molecule has 26 heavy (non-hydrogen) atoms. The van der Waals surface area contributed by atoms with Crippen LogP contribution < -0.4 is 0 Å². The molecule has 6 rings (SSSR count). The minimum atomic E-state index is -0.162. The fraction of sp³-hybridized carbons (Fsp3) is 0.600. The lowest BCUT2D eigenvalue weighted by Gasteiger charge is -2.51. The molecule has 1 aromatic heterocycles. The van der Waals surface area contributed by atoms with Gasteiger partial charge in [-0.25, -0.2) is 4.39 Å². The normalized spacial score (nSPS) is 33.5. The molecule has 0 spiro atoms. The van der Waals surface area contributed by atoms with Gasteiger partial charge in [0.25, 0.3) is 0 Å². The largest absolute Gasteiger partial charge is 0.339 e. The third-order valence-corrected chi connectivity index (χ3v) is 6.55. The number of likely N-dealkylation sites (tertiary alicyclic amines) is 1. The van der Waals surface area contributed by atoms with Gasteiger partial charge in [0.2, 0.25) is 5.89 Å². The van der Waals surface area contributed by atoms with E-state index in [-0.39, 0.29) is 5.82 Å². The summed E-state index contributed by atoms with van der Waals surface area (Å²) in [5, 5.41) is 4.17. The van der Waals surface area contributed by atoms with Gasteiger partial charge in [-0.3, -0.25) is 9.80 Å². The number of rotatable bonds is 4. The molecular weight excluding hydrogens is 331 g/mol. The van der Waals surface area contributed by atoms with E-state index in [4.69, 9.17) is 4.52 Å². The molecule has 0 N–H and O–H groups in total. The van der Waals surface area contributed by atoms with Gasteiger partial charge in [0.15, 0.2) is 5.82 Å². The molecule has 0 radical (unpaired) electrons. The maximum atomic E-state index is 13.4. The lowest BCUT2D eigenvalue weighted by Crippen LogP contribution is -2.60. The molecule has 4 saturated heterocycles. The first-order valence-corrected chi connectivity index (χ1v) is 9.78. The molecule has 5 heterocycles. The number of nitrogens with zero attached hydrogens (tertiary/aromatic N) is 4. The minimum absolute atomic E-state index is 0.162. The number of hydrogen-bond donors (Lipinski definition) is 0. The summed E-state index contributed by atoms with van der Waals surface area (Å²) in [5.41, 5.74) is 1.25. The van der Waals surface area contributed by atoms with Crippen molar-refractivity contribution in [2.75, 3.05) is 19.6 Å². The number of hydrogen-bond acceptors (Lipinski definition) is 5. The summed E-state index contributed by atoms with van der Waals surface area (Å²) >= 11 is 0. The molecule has 1 aromatic carbocycles. The first-order chi connectivity index (χ1) is 12.7. The van der Waals surface area contributed by atoms with Gasteiger partial charge in [0, 0.05) is 31.0 Å². The van der Waals surface area contributed by atoms with Crippen molar-refractivity contribution >= 4 is 0 Å². The average Bonchev–Trinajstić information content (AvgIpc) is 3.30. The fourth-order valence-corrected chi connectivity index (χ4v) is 5.41. The van der Waals surface area contributed by atoms with Crippen molar-refractivity contribution in [1.29, 1.82) is 0 Å². The van der Waals surface area contributed by atoms with Gasteiger partial charge in [-0.1, -0.05) is 24.2 Å². The van der Waals surface area contributed by atoms with Gasteiger partial charge >= 0.3 is 0 Å². The second kappa shape index (κ2) is 6.43. The minimum Gasteiger partial charge on any atom is -0.339 e. The van der Waals surface area contributed by atoms with Gasteiger partial charge < -0.3 is 4.52 Å². The summed E-state index contributed by atoms with van der Waals surface area (Å²) in [6.07, 6.45) is 3.33. The number of piperidine rings is 3. The molecule has 4 aliphatic heterocycles. The van der Waals surface area contributed by atoms with Crippen molar-refractivity contribution in [2.24, 2.45) is 5.92 Å². The van der Waals surface area contributed by atoms with Gasteiger partial charge in [0.1, 0.15) is 5.82 Å². The van der Waals surface area contributed by atoms with Crippen molar-refractivity contribution in [3.63, 3.8) is 0 Å². The van der Waals surface area contributed by atoms with Gasteiger partial charge in [-0.05, 0) is 49.5 Å². The molecule has 0 aliphatic carbocycles. The molecular formula is C20H25FN4O. The smallest absolute Gasteiger partial charge is 0.226 e. The molecule has 4 aliphatic rings. The summed E-state index contributed by atoms with van der Waals surface area (Å²) in [6.45, 7) is 6.14. The highest BCUT2D eigenvalue weighted by Gasteiger charge is 2.53. The molecule has 0 amide bonds. The Hall–Kier alpha value is -1.79. The van der Waals surface area contributed by atoms with Crippen LogP contribution >= 0.6 is 0 Å². The summed E-state index contributed by atoms with van der Waals surface area (Å²) in [7, 11) is 0. The molecule has 0 saturated carbocycles. The number of fused-ring (bicyclic) bond motifs is 2. The number of aryl methyl sites for hydroxylation is 1. The van der Waals surface area contributed by atoms with Crippen molar-refractivity contribution in [3.8, 4) is 0 Å². The Labute approximate surface area is 153 Å². The Kier molecular flexibility index (Phi) is 4.05. The van der Waals surface area contributed by atoms with Crippen LogP contribution in [-0.4, -0.2) is 51.7 Å². The van der Waals surface area contributed by atoms with Gasteiger partial charge in [-0.15, -0.1) is 0 Å². The Morgan fingerprint density at radius 1 is 1.15 bits per heavy atom. The monoisotopic (exact) mass is 356 g/mol. The molecule has 6 heteroatoms. The zero-order chi connectivity index (χ0) is 17.7. The molecule has 0 unspecified atom stereocenters. The molecule has 138 valence electrons. The predicted octanol–water partition coefficient (Wildman–Crippen LogP) is 2.83. The van der Waals surface area contributed by atoms with E-state index >= 15 is 0 Å². The van der Waals surface area contributed by atoms with Crippen LogP contribution in [0.4, 0.5) is 4.39 Å². The number of aromatic nitrogens is 2. The zero-order valence-corrected chi connectivity index (χ0v) is 15.1. The van der Waals surface area contributed by atoms with Crippen LogP contribution in [0.5, 0.6) is 0 Å². The fourth-order valence-electron chi connectivity index (χ4n) is 5.41. The van der Waals surface area contributed by atoms with E-state index in [0.717, 1.165) is 31.3 Å². The Morgan fingerprint density at radius 2 is 1.92 bits per heavy atom. The average molecular weight is 356 g/mol. The number of halogens is 1. The topological polar surface area (TPSA) is 45.4 Å². The van der Waals surface area contributed by atoms with E-state index in [2.05, 4.69) is 19.9 Å². The lowest BCUT2D eigenvalue weighted by atomic mass is 9.75. The van der Waals surface area contributed by atoms with Crippen LogP contribution in [0.25, 0.3) is 0 Å². The van der Waals surface area contributed by atoms with Crippen LogP contribution in [0.2, 0.25) is 0 Å². The van der Waals surface area contributed by atoms with Crippen LogP contribution in [0.3, 0.4) is 0 Å². The maximum absolute atomic E-state index is 13.4. The summed E-state index contributed by atoms with van der Waals surface area (Å²) in [4.78, 5) is 9.73. The van der Waals surface area contributed by atoms with E-state index in [1.54, 1.807) is 12.1 Å². The van der Waals surface area contributed by atoms with E-state index in [1.807, 2.05) is 19.1 Å². The van der Waals surface area contributed by atoms with Crippen LogP contribution in [0.1, 0.15) is 43.0 Å². The third-order valence-electron chi connectivity index (χ3n) is 6.55. The third kappa shape index (κ3) is 2.67. The highest BCUT2D eigenvalue weighted by molar-refractivity contribution is 5.27. The van der Waals surface area contributed by atoms with Crippen molar-refractivity contribution in [3.05, 3.63) is 47.4 Å². The number of benzene rings is 1. The highest BCUT2D eigenvalue weighted by atomic mass is 19.1. The SMILES string of the molecule is CCc1nc(CN2C[C@H](c3ccc(F)cc3)[C@@H]3[C@H]2C2CCN3CC2)no1. The van der Waals surface area contributed by atoms with Gasteiger partial charge in [-0.2, -0.15) is 4.98 Å². The van der Waals surface area contributed by atoms with E-state index in [9.17, 15) is 4.39 Å². The van der Waals surface area contributed by atoms with Crippen LogP contribution in [0.15, 0.2) is 28.8 Å². The predicted molar refractivity (Wildman–Crippen MR) is 95.1 cm³/mol. The quantitative estimate of drug-likeness (QED) is 0.843. The van der Waals surface area contributed by atoms with Crippen molar-refractivity contribution in [1.82, 2.24) is 19.9 Å². The molecule has 2 aromatic rings. The van der Waals surface area contributed by atoms with Crippen molar-refractivity contribution < 1.29 is 8.91 Å². The highest BCUT2D eigenvalue weighted by Crippen LogP contribution is 2.46. The second-order valence-corrected chi connectivity index (χ2v) is 7.90. The van der Waals surface area contributed by atoms with Crippen molar-refractivity contribution in [2.45, 2.75) is 50.7 Å². The second-order valence-electron chi connectivity index (χ2n) is 7.90. The lowest BCUT2D eigenvalue weighted by molar-refractivity contribution is -0.00943. The van der Waals surface area contributed by atoms with Crippen LogP contribution in [0, 0.1) is 11.7 Å². The van der Waals surface area contributed by atoms with Gasteiger partial charge in [0.05, 0.1) is 6.54 Å². The summed E-state index contributed by atoms with van der Waals surface area (Å²) < 4.78 is 18.7. The molecule has 5 nitrogen and oxygen atoms in total. The molecule has 4 fully saturated rings. The Morgan fingerprint density at radius 3 is 2.62 bits per heavy atom. The first-order valence-electron chi connectivity index (χ1n) is 9.78. The molecule has 3 atom stereocenters. The zero-order valence-electron chi connectivity index (χ0n) is 15.1. The first kappa shape index (κ1) is 16.4. The Balaban J connectivity index is 1.45. The Bertz CT molecular complexity index is 768. The van der Waals surface area contributed by atoms with E-state index < -0.39 is 0 Å². The maximum Gasteiger partial charge on any atom is 0.226 e. The van der Waals surface area contributed by atoms with E-state index in [0.29, 0.717) is 23.9 Å². The summed E-state index contributed by atoms with van der Waals surface area (Å²) in [6, 6.07) is 8.18. The van der Waals surface area contributed by atoms with E-state index in [1.165, 1.54) is 31.5 Å². The summed E-state index contributed by atoms with van der Waals surface area (Å²) in [5.74, 6) is 2.50.